The molecule has 0 amide bonds. The SMILES string of the molecule is CCOCCN(C)CC#CCn1cnc2c(F)c(Nc3ccc(Br)cc3Cl)c(C(=O)OC)cc21. The Bertz CT molecular complexity index is 1240. The molecular weight excluding hydrogens is 527 g/mol. The summed E-state index contributed by atoms with van der Waals surface area (Å²) in [4.78, 5) is 18.8. The molecule has 0 saturated heterocycles. The topological polar surface area (TPSA) is 68.6 Å². The molecule has 3 aromatic rings. The Morgan fingerprint density at radius 1 is 1.35 bits per heavy atom. The predicted octanol–water partition coefficient (Wildman–Crippen LogP) is 5.09. The molecule has 1 N–H and O–H groups in total. The van der Waals surface area contributed by atoms with Gasteiger partial charge in [-0.05, 0) is 38.2 Å². The Hall–Kier alpha value is -2.64. The van der Waals surface area contributed by atoms with E-state index in [2.05, 4.69) is 43.0 Å². The first-order valence-electron chi connectivity index (χ1n) is 10.5. The van der Waals surface area contributed by atoms with Crippen molar-refractivity contribution in [2.45, 2.75) is 13.5 Å². The summed E-state index contributed by atoms with van der Waals surface area (Å²) in [6.45, 7) is 4.94. The van der Waals surface area contributed by atoms with Gasteiger partial charge in [0.1, 0.15) is 5.52 Å². The zero-order valence-electron chi connectivity index (χ0n) is 19.1. The van der Waals surface area contributed by atoms with E-state index in [0.29, 0.717) is 42.5 Å². The number of aromatic nitrogens is 2. The standard InChI is InChI=1S/C24H25BrClFN4O3/c1-4-34-12-11-30(2)9-5-6-10-31-15-28-23-20(31)14-17(24(32)33-3)22(21(23)27)29-19-8-7-16(25)13-18(19)26/h7-8,13-15,29H,4,9-12H2,1-3H3. The van der Waals surface area contributed by atoms with E-state index in [4.69, 9.17) is 21.1 Å². The number of fused-ring (bicyclic) bond motifs is 1. The number of hydrogen-bond acceptors (Lipinski definition) is 6. The molecule has 10 heteroatoms. The maximum absolute atomic E-state index is 15.5. The van der Waals surface area contributed by atoms with Gasteiger partial charge in [0.05, 0.1) is 60.6 Å². The lowest BCUT2D eigenvalue weighted by atomic mass is 10.1. The minimum atomic E-state index is -0.689. The van der Waals surface area contributed by atoms with E-state index < -0.39 is 11.8 Å². The first-order chi connectivity index (χ1) is 16.3. The number of likely N-dealkylation sites (N-methyl/N-ethyl adjacent to an activating group) is 1. The highest BCUT2D eigenvalue weighted by Crippen LogP contribution is 2.34. The van der Waals surface area contributed by atoms with Crippen molar-refractivity contribution in [2.24, 2.45) is 0 Å². The number of ether oxygens (including phenoxy) is 2. The Balaban J connectivity index is 1.88. The average Bonchev–Trinajstić information content (AvgIpc) is 3.22. The summed E-state index contributed by atoms with van der Waals surface area (Å²) in [6, 6.07) is 6.64. The molecule has 0 unspecified atom stereocenters. The highest BCUT2D eigenvalue weighted by atomic mass is 79.9. The van der Waals surface area contributed by atoms with Crippen LogP contribution in [0.3, 0.4) is 0 Å². The predicted molar refractivity (Wildman–Crippen MR) is 135 cm³/mol. The lowest BCUT2D eigenvalue weighted by Gasteiger charge is -2.14. The highest BCUT2D eigenvalue weighted by molar-refractivity contribution is 9.10. The second-order valence-corrected chi connectivity index (χ2v) is 8.71. The number of methoxy groups -OCH3 is 1. The van der Waals surface area contributed by atoms with Crippen molar-refractivity contribution in [3.05, 3.63) is 51.5 Å². The van der Waals surface area contributed by atoms with E-state index in [1.54, 1.807) is 28.8 Å². The fraction of sp³-hybridized carbons (Fsp3) is 0.333. The number of anilines is 2. The summed E-state index contributed by atoms with van der Waals surface area (Å²) in [5.74, 6) is 4.78. The van der Waals surface area contributed by atoms with E-state index in [1.165, 1.54) is 13.4 Å². The van der Waals surface area contributed by atoms with Gasteiger partial charge in [-0.25, -0.2) is 14.2 Å². The molecule has 2 aromatic carbocycles. The summed E-state index contributed by atoms with van der Waals surface area (Å²) >= 11 is 9.61. The summed E-state index contributed by atoms with van der Waals surface area (Å²) in [6.07, 6.45) is 1.50. The van der Waals surface area contributed by atoms with Crippen LogP contribution in [-0.2, 0) is 16.0 Å². The number of nitrogens with one attached hydrogen (secondary N) is 1. The number of hydrogen-bond donors (Lipinski definition) is 1. The minimum absolute atomic E-state index is 0.0249. The van der Waals surface area contributed by atoms with Crippen molar-refractivity contribution in [1.29, 1.82) is 0 Å². The van der Waals surface area contributed by atoms with Gasteiger partial charge in [0.2, 0.25) is 0 Å². The van der Waals surface area contributed by atoms with Crippen LogP contribution in [0, 0.1) is 17.7 Å². The molecule has 0 saturated carbocycles. The Kier molecular flexibility index (Phi) is 9.30. The molecule has 1 heterocycles. The van der Waals surface area contributed by atoms with Crippen LogP contribution >= 0.6 is 27.5 Å². The normalized spacial score (nSPS) is 10.9. The lowest BCUT2D eigenvalue weighted by molar-refractivity contribution is 0.0601. The molecule has 0 bridgehead atoms. The number of carbonyl (C=O) groups excluding carboxylic acids is 1. The van der Waals surface area contributed by atoms with Crippen molar-refractivity contribution >= 4 is 55.9 Å². The molecule has 0 fully saturated rings. The number of carbonyl (C=O) groups is 1. The van der Waals surface area contributed by atoms with E-state index in [0.717, 1.165) is 11.0 Å². The molecule has 3 rings (SSSR count). The van der Waals surface area contributed by atoms with Crippen LogP contribution in [-0.4, -0.2) is 60.9 Å². The fourth-order valence-corrected chi connectivity index (χ4v) is 3.90. The van der Waals surface area contributed by atoms with Gasteiger partial charge in [0, 0.05) is 17.6 Å². The second kappa shape index (κ2) is 12.2. The maximum Gasteiger partial charge on any atom is 0.340 e. The quantitative estimate of drug-likeness (QED) is 0.227. The average molecular weight is 552 g/mol. The van der Waals surface area contributed by atoms with Crippen LogP contribution < -0.4 is 5.32 Å². The van der Waals surface area contributed by atoms with Gasteiger partial charge in [0.25, 0.3) is 0 Å². The molecule has 0 aliphatic carbocycles. The molecular formula is C24H25BrClFN4O3. The largest absolute Gasteiger partial charge is 0.465 e. The zero-order chi connectivity index (χ0) is 24.7. The van der Waals surface area contributed by atoms with Crippen molar-refractivity contribution in [3.63, 3.8) is 0 Å². The molecule has 0 spiro atoms. The van der Waals surface area contributed by atoms with Crippen LogP contribution in [0.15, 0.2) is 35.1 Å². The van der Waals surface area contributed by atoms with Crippen LogP contribution in [0.2, 0.25) is 5.02 Å². The summed E-state index contributed by atoms with van der Waals surface area (Å²) in [5.41, 5.74) is 0.947. The zero-order valence-corrected chi connectivity index (χ0v) is 21.5. The molecule has 1 aromatic heterocycles. The first-order valence-corrected chi connectivity index (χ1v) is 11.7. The summed E-state index contributed by atoms with van der Waals surface area (Å²) in [5, 5.41) is 3.28. The summed E-state index contributed by atoms with van der Waals surface area (Å²) < 4.78 is 28.2. The monoisotopic (exact) mass is 550 g/mol. The van der Waals surface area contributed by atoms with Gasteiger partial charge in [-0.3, -0.25) is 4.90 Å². The number of imidazole rings is 1. The van der Waals surface area contributed by atoms with Crippen LogP contribution in [0.5, 0.6) is 0 Å². The lowest BCUT2D eigenvalue weighted by Crippen LogP contribution is -2.23. The van der Waals surface area contributed by atoms with Gasteiger partial charge in [-0.1, -0.05) is 39.4 Å². The summed E-state index contributed by atoms with van der Waals surface area (Å²) in [7, 11) is 3.20. The number of rotatable bonds is 9. The third-order valence-corrected chi connectivity index (χ3v) is 5.80. The van der Waals surface area contributed by atoms with Crippen LogP contribution in [0.1, 0.15) is 17.3 Å². The van der Waals surface area contributed by atoms with Gasteiger partial charge in [0.15, 0.2) is 5.82 Å². The molecule has 0 atom stereocenters. The number of esters is 1. The van der Waals surface area contributed by atoms with Gasteiger partial charge >= 0.3 is 5.97 Å². The Morgan fingerprint density at radius 3 is 2.85 bits per heavy atom. The molecule has 0 aliphatic rings. The smallest absolute Gasteiger partial charge is 0.340 e. The fourth-order valence-electron chi connectivity index (χ4n) is 3.18. The highest BCUT2D eigenvalue weighted by Gasteiger charge is 2.23. The molecule has 0 radical (unpaired) electrons. The van der Waals surface area contributed by atoms with Crippen LogP contribution in [0.25, 0.3) is 11.0 Å². The van der Waals surface area contributed by atoms with Crippen molar-refractivity contribution in [1.82, 2.24) is 14.5 Å². The van der Waals surface area contributed by atoms with Crippen molar-refractivity contribution in [2.75, 3.05) is 45.8 Å². The van der Waals surface area contributed by atoms with Crippen molar-refractivity contribution in [3.8, 4) is 11.8 Å². The minimum Gasteiger partial charge on any atom is -0.465 e. The second-order valence-electron chi connectivity index (χ2n) is 7.38. The Morgan fingerprint density at radius 2 is 2.15 bits per heavy atom. The Labute approximate surface area is 211 Å². The third-order valence-electron chi connectivity index (χ3n) is 5.00. The molecule has 7 nitrogen and oxygen atoms in total. The van der Waals surface area contributed by atoms with E-state index in [9.17, 15) is 4.79 Å². The first kappa shape index (κ1) is 26.0. The molecule has 180 valence electrons. The van der Waals surface area contributed by atoms with Gasteiger partial charge in [-0.15, -0.1) is 0 Å². The van der Waals surface area contributed by atoms with Crippen LogP contribution in [0.4, 0.5) is 15.8 Å². The number of nitrogens with zero attached hydrogens (tertiary/aromatic N) is 3. The maximum atomic E-state index is 15.5. The third kappa shape index (κ3) is 6.27. The van der Waals surface area contributed by atoms with E-state index in [-0.39, 0.29) is 16.8 Å². The molecule has 0 aliphatic heterocycles. The van der Waals surface area contributed by atoms with Gasteiger partial charge < -0.3 is 19.4 Å². The molecule has 34 heavy (non-hydrogen) atoms. The van der Waals surface area contributed by atoms with Gasteiger partial charge in [-0.2, -0.15) is 0 Å². The number of halogens is 3. The van der Waals surface area contributed by atoms with Crippen molar-refractivity contribution < 1.29 is 18.7 Å². The van der Waals surface area contributed by atoms with E-state index in [1.807, 2.05) is 14.0 Å². The number of benzene rings is 2. The van der Waals surface area contributed by atoms with E-state index >= 15 is 4.39 Å².